The number of aromatic nitrogens is 2. The monoisotopic (exact) mass is 303 g/mol. The molecule has 0 saturated carbocycles. The van der Waals surface area contributed by atoms with Gasteiger partial charge in [-0.1, -0.05) is 0 Å². The average molecular weight is 303 g/mol. The standard InChI is InChI=1S/C15H17N3O4/c1-9-16-17-14(22-9)11-6-13-12(3-5-21-13)18(7-11)15(19)10-2-4-20-8-10/h2,4,8,11-13H,3,5-7H2,1H3/t11-,12-,13-/m1/s1. The molecule has 116 valence electrons. The molecule has 22 heavy (non-hydrogen) atoms. The Morgan fingerprint density at radius 3 is 3.05 bits per heavy atom. The van der Waals surface area contributed by atoms with Crippen LogP contribution in [0.4, 0.5) is 0 Å². The van der Waals surface area contributed by atoms with Gasteiger partial charge in [-0.05, 0) is 18.9 Å². The highest BCUT2D eigenvalue weighted by molar-refractivity contribution is 5.94. The molecule has 4 rings (SSSR count). The number of piperidine rings is 1. The number of nitrogens with zero attached hydrogens (tertiary/aromatic N) is 3. The number of likely N-dealkylation sites (tertiary alicyclic amines) is 1. The van der Waals surface area contributed by atoms with E-state index in [9.17, 15) is 4.79 Å². The normalized spacial score (nSPS) is 27.9. The van der Waals surface area contributed by atoms with Crippen LogP contribution in [0.15, 0.2) is 27.4 Å². The van der Waals surface area contributed by atoms with Crippen LogP contribution in [0.3, 0.4) is 0 Å². The van der Waals surface area contributed by atoms with Crippen molar-refractivity contribution >= 4 is 5.91 Å². The molecule has 2 aliphatic heterocycles. The lowest BCUT2D eigenvalue weighted by molar-refractivity contribution is 0.0130. The van der Waals surface area contributed by atoms with Crippen molar-refractivity contribution in [1.29, 1.82) is 0 Å². The van der Waals surface area contributed by atoms with Crippen LogP contribution in [-0.2, 0) is 4.74 Å². The zero-order valence-corrected chi connectivity index (χ0v) is 12.3. The SMILES string of the molecule is Cc1nnc([C@@H]2C[C@H]3OCC[C@H]3N(C(=O)c3ccoc3)C2)o1. The van der Waals surface area contributed by atoms with Gasteiger partial charge in [0.05, 0.1) is 29.9 Å². The third kappa shape index (κ3) is 2.21. The third-order valence-electron chi connectivity index (χ3n) is 4.43. The van der Waals surface area contributed by atoms with Crippen LogP contribution in [-0.4, -0.2) is 46.3 Å². The van der Waals surface area contributed by atoms with E-state index < -0.39 is 0 Å². The van der Waals surface area contributed by atoms with E-state index in [1.807, 2.05) is 4.90 Å². The van der Waals surface area contributed by atoms with E-state index in [0.717, 1.165) is 12.8 Å². The summed E-state index contributed by atoms with van der Waals surface area (Å²) in [6.45, 7) is 3.01. The Morgan fingerprint density at radius 1 is 1.41 bits per heavy atom. The van der Waals surface area contributed by atoms with Crippen molar-refractivity contribution in [2.75, 3.05) is 13.2 Å². The van der Waals surface area contributed by atoms with E-state index in [-0.39, 0.29) is 24.0 Å². The lowest BCUT2D eigenvalue weighted by Crippen LogP contribution is -2.51. The first kappa shape index (κ1) is 13.5. The maximum atomic E-state index is 12.7. The van der Waals surface area contributed by atoms with Crippen molar-refractivity contribution < 1.29 is 18.4 Å². The van der Waals surface area contributed by atoms with E-state index in [1.165, 1.54) is 12.5 Å². The average Bonchev–Trinajstić information content (AvgIpc) is 3.26. The van der Waals surface area contributed by atoms with Crippen LogP contribution >= 0.6 is 0 Å². The minimum Gasteiger partial charge on any atom is -0.472 e. The van der Waals surface area contributed by atoms with Crippen LogP contribution in [0.25, 0.3) is 0 Å². The number of fused-ring (bicyclic) bond motifs is 1. The highest BCUT2D eigenvalue weighted by atomic mass is 16.5. The number of amides is 1. The van der Waals surface area contributed by atoms with Gasteiger partial charge in [-0.3, -0.25) is 4.79 Å². The summed E-state index contributed by atoms with van der Waals surface area (Å²) in [7, 11) is 0. The number of ether oxygens (including phenoxy) is 1. The van der Waals surface area contributed by atoms with E-state index in [4.69, 9.17) is 13.6 Å². The molecular formula is C15H17N3O4. The Morgan fingerprint density at radius 2 is 2.32 bits per heavy atom. The quantitative estimate of drug-likeness (QED) is 0.841. The van der Waals surface area contributed by atoms with Crippen molar-refractivity contribution in [3.63, 3.8) is 0 Å². The molecule has 7 nitrogen and oxygen atoms in total. The van der Waals surface area contributed by atoms with Crippen LogP contribution in [0.1, 0.15) is 40.9 Å². The van der Waals surface area contributed by atoms with Gasteiger partial charge >= 0.3 is 0 Å². The molecule has 2 saturated heterocycles. The second kappa shape index (κ2) is 5.24. The van der Waals surface area contributed by atoms with Gasteiger partial charge in [0.25, 0.3) is 5.91 Å². The summed E-state index contributed by atoms with van der Waals surface area (Å²) in [6.07, 6.45) is 4.69. The number of hydrogen-bond acceptors (Lipinski definition) is 6. The van der Waals surface area contributed by atoms with Crippen LogP contribution in [0, 0.1) is 6.92 Å². The van der Waals surface area contributed by atoms with Gasteiger partial charge in [0.15, 0.2) is 0 Å². The van der Waals surface area contributed by atoms with Crippen molar-refractivity contribution in [2.45, 2.75) is 37.8 Å². The molecule has 0 bridgehead atoms. The van der Waals surface area contributed by atoms with Gasteiger partial charge in [-0.2, -0.15) is 0 Å². The first-order valence-electron chi connectivity index (χ1n) is 7.47. The fourth-order valence-corrected chi connectivity index (χ4v) is 3.39. The minimum absolute atomic E-state index is 0.0106. The fraction of sp³-hybridized carbons (Fsp3) is 0.533. The predicted octanol–water partition coefficient (Wildman–Crippen LogP) is 1.76. The number of furan rings is 1. The van der Waals surface area contributed by atoms with Crippen molar-refractivity contribution in [3.8, 4) is 0 Å². The Labute approximate surface area is 127 Å². The molecule has 0 aliphatic carbocycles. The summed E-state index contributed by atoms with van der Waals surface area (Å²) >= 11 is 0. The Hall–Kier alpha value is -2.15. The Balaban J connectivity index is 1.62. The lowest BCUT2D eigenvalue weighted by atomic mass is 9.89. The molecular weight excluding hydrogens is 286 g/mol. The summed E-state index contributed by atoms with van der Waals surface area (Å²) in [5.74, 6) is 1.10. The molecule has 4 heterocycles. The number of rotatable bonds is 2. The second-order valence-corrected chi connectivity index (χ2v) is 5.83. The number of carbonyl (C=O) groups excluding carboxylic acids is 1. The first-order chi connectivity index (χ1) is 10.7. The van der Waals surface area contributed by atoms with Crippen LogP contribution < -0.4 is 0 Å². The maximum Gasteiger partial charge on any atom is 0.257 e. The summed E-state index contributed by atoms with van der Waals surface area (Å²) in [5, 5.41) is 8.00. The van der Waals surface area contributed by atoms with Crippen LogP contribution in [0.5, 0.6) is 0 Å². The highest BCUT2D eigenvalue weighted by Crippen LogP contribution is 2.36. The smallest absolute Gasteiger partial charge is 0.257 e. The predicted molar refractivity (Wildman–Crippen MR) is 74.3 cm³/mol. The topological polar surface area (TPSA) is 81.6 Å². The summed E-state index contributed by atoms with van der Waals surface area (Å²) in [4.78, 5) is 14.6. The second-order valence-electron chi connectivity index (χ2n) is 5.83. The zero-order valence-electron chi connectivity index (χ0n) is 12.3. The Bertz CT molecular complexity index is 666. The van der Waals surface area contributed by atoms with Gasteiger partial charge in [0, 0.05) is 20.1 Å². The van der Waals surface area contributed by atoms with E-state index >= 15 is 0 Å². The molecule has 3 atom stereocenters. The molecule has 2 aromatic heterocycles. The summed E-state index contributed by atoms with van der Waals surface area (Å²) in [5.41, 5.74) is 0.563. The van der Waals surface area contributed by atoms with Gasteiger partial charge in [-0.15, -0.1) is 10.2 Å². The third-order valence-corrected chi connectivity index (χ3v) is 4.43. The number of hydrogen-bond donors (Lipinski definition) is 0. The zero-order chi connectivity index (χ0) is 15.1. The Kier molecular flexibility index (Phi) is 3.22. The molecule has 0 radical (unpaired) electrons. The van der Waals surface area contributed by atoms with Crippen molar-refractivity contribution in [2.24, 2.45) is 0 Å². The highest BCUT2D eigenvalue weighted by Gasteiger charge is 2.44. The molecule has 2 aliphatic rings. The first-order valence-corrected chi connectivity index (χ1v) is 7.47. The molecule has 0 aromatic carbocycles. The van der Waals surface area contributed by atoms with E-state index in [1.54, 1.807) is 13.0 Å². The number of carbonyl (C=O) groups is 1. The molecule has 2 fully saturated rings. The van der Waals surface area contributed by atoms with Crippen molar-refractivity contribution in [3.05, 3.63) is 35.9 Å². The van der Waals surface area contributed by atoms with Crippen LogP contribution in [0.2, 0.25) is 0 Å². The molecule has 7 heteroatoms. The van der Waals surface area contributed by atoms with Gasteiger partial charge in [-0.25, -0.2) is 0 Å². The lowest BCUT2D eigenvalue weighted by Gasteiger charge is -2.39. The van der Waals surface area contributed by atoms with Gasteiger partial charge in [0.1, 0.15) is 6.26 Å². The fourth-order valence-electron chi connectivity index (χ4n) is 3.39. The number of aryl methyl sites for hydroxylation is 1. The summed E-state index contributed by atoms with van der Waals surface area (Å²) < 4.78 is 16.4. The van der Waals surface area contributed by atoms with E-state index in [0.29, 0.717) is 30.5 Å². The molecule has 0 N–H and O–H groups in total. The molecule has 0 spiro atoms. The van der Waals surface area contributed by atoms with Crippen molar-refractivity contribution in [1.82, 2.24) is 15.1 Å². The van der Waals surface area contributed by atoms with Gasteiger partial charge in [0.2, 0.25) is 11.8 Å². The molecule has 1 amide bonds. The molecule has 2 aromatic rings. The molecule has 0 unspecified atom stereocenters. The maximum absolute atomic E-state index is 12.7. The summed E-state index contributed by atoms with van der Waals surface area (Å²) in [6, 6.07) is 1.80. The minimum atomic E-state index is -0.0322. The van der Waals surface area contributed by atoms with E-state index in [2.05, 4.69) is 10.2 Å². The van der Waals surface area contributed by atoms with Gasteiger partial charge < -0.3 is 18.5 Å². The largest absolute Gasteiger partial charge is 0.472 e.